The molecule has 0 unspecified atom stereocenters. The van der Waals surface area contributed by atoms with Gasteiger partial charge in [0.1, 0.15) is 10.6 Å². The van der Waals surface area contributed by atoms with Gasteiger partial charge in [-0.3, -0.25) is 4.79 Å². The van der Waals surface area contributed by atoms with Gasteiger partial charge >= 0.3 is 0 Å². The molecule has 4 aliphatic carbocycles. The summed E-state index contributed by atoms with van der Waals surface area (Å²) in [4.78, 5) is 13.4. The average Bonchev–Trinajstić information content (AvgIpc) is 2.81. The molecule has 4 bridgehead atoms. The molecule has 1 aliphatic heterocycles. The lowest BCUT2D eigenvalue weighted by Gasteiger charge is -2.59. The number of carbonyl (C=O) groups excluding carboxylic acids is 1. The lowest BCUT2D eigenvalue weighted by Crippen LogP contribution is -2.56. The number of methoxy groups -OCH3 is 1. The molecule has 1 aromatic carbocycles. The van der Waals surface area contributed by atoms with E-state index >= 15 is 0 Å². The van der Waals surface area contributed by atoms with E-state index in [0.29, 0.717) is 31.9 Å². The quantitative estimate of drug-likeness (QED) is 0.652. The molecule has 182 valence electrons. The number of morpholine rings is 1. The highest BCUT2D eigenvalue weighted by Gasteiger charge is 2.54. The third kappa shape index (κ3) is 4.19. The SMILES string of the molecule is CC[C@H](NC(=O)c1ccc(OC)c(S(=O)(=O)N2CCOCC2)c1)C12CC3CC(CC(C3)C1)C2. The fourth-order valence-electron chi connectivity index (χ4n) is 7.48. The minimum atomic E-state index is -3.78. The van der Waals surface area contributed by atoms with Crippen molar-refractivity contribution >= 4 is 15.9 Å². The van der Waals surface area contributed by atoms with Crippen LogP contribution in [0.5, 0.6) is 5.75 Å². The Bertz CT molecular complexity index is 967. The van der Waals surface area contributed by atoms with Gasteiger partial charge < -0.3 is 14.8 Å². The highest BCUT2D eigenvalue weighted by Crippen LogP contribution is 2.61. The van der Waals surface area contributed by atoms with Gasteiger partial charge in [-0.05, 0) is 86.3 Å². The summed E-state index contributed by atoms with van der Waals surface area (Å²) in [5.74, 6) is 2.50. The molecule has 8 heteroatoms. The fraction of sp³-hybridized carbons (Fsp3) is 0.720. The van der Waals surface area contributed by atoms with Crippen LogP contribution in [0.1, 0.15) is 62.2 Å². The van der Waals surface area contributed by atoms with Crippen molar-refractivity contribution in [1.82, 2.24) is 9.62 Å². The predicted octanol–water partition coefficient (Wildman–Crippen LogP) is 3.44. The van der Waals surface area contributed by atoms with E-state index in [1.54, 1.807) is 12.1 Å². The van der Waals surface area contributed by atoms with Crippen LogP contribution in [0, 0.1) is 23.2 Å². The van der Waals surface area contributed by atoms with Gasteiger partial charge in [-0.15, -0.1) is 0 Å². The van der Waals surface area contributed by atoms with Crippen LogP contribution in [0.3, 0.4) is 0 Å². The van der Waals surface area contributed by atoms with Gasteiger partial charge in [0.2, 0.25) is 10.0 Å². The predicted molar refractivity (Wildman–Crippen MR) is 125 cm³/mol. The van der Waals surface area contributed by atoms with Crippen molar-refractivity contribution in [3.8, 4) is 5.75 Å². The second-order valence-corrected chi connectivity index (χ2v) is 12.5. The highest BCUT2D eigenvalue weighted by atomic mass is 32.2. The van der Waals surface area contributed by atoms with E-state index in [1.807, 2.05) is 0 Å². The number of sulfonamides is 1. The number of hydrogen-bond donors (Lipinski definition) is 1. The first-order chi connectivity index (χ1) is 15.8. The first-order valence-electron chi connectivity index (χ1n) is 12.4. The molecule has 6 rings (SSSR count). The maximum Gasteiger partial charge on any atom is 0.251 e. The summed E-state index contributed by atoms with van der Waals surface area (Å²) in [5.41, 5.74) is 0.569. The first kappa shape index (κ1) is 23.1. The largest absolute Gasteiger partial charge is 0.495 e. The summed E-state index contributed by atoms with van der Waals surface area (Å²) < 4.78 is 38.7. The van der Waals surface area contributed by atoms with E-state index in [4.69, 9.17) is 9.47 Å². The van der Waals surface area contributed by atoms with Gasteiger partial charge in [-0.25, -0.2) is 8.42 Å². The van der Waals surface area contributed by atoms with Gasteiger partial charge in [0, 0.05) is 24.7 Å². The molecule has 1 aromatic rings. The van der Waals surface area contributed by atoms with E-state index in [9.17, 15) is 13.2 Å². The number of rotatable bonds is 7. The zero-order valence-corrected chi connectivity index (χ0v) is 20.5. The summed E-state index contributed by atoms with van der Waals surface area (Å²) in [6.07, 6.45) is 8.65. The Kier molecular flexibility index (Phi) is 6.20. The Hall–Kier alpha value is -1.64. The van der Waals surface area contributed by atoms with Crippen molar-refractivity contribution in [3.05, 3.63) is 23.8 Å². The zero-order chi connectivity index (χ0) is 23.2. The molecule has 5 fully saturated rings. The summed E-state index contributed by atoms with van der Waals surface area (Å²) in [6, 6.07) is 4.86. The van der Waals surface area contributed by atoms with Crippen LogP contribution in [0.2, 0.25) is 0 Å². The van der Waals surface area contributed by atoms with E-state index in [1.165, 1.54) is 56.0 Å². The molecule has 7 nitrogen and oxygen atoms in total. The maximum absolute atomic E-state index is 13.4. The lowest BCUT2D eigenvalue weighted by atomic mass is 9.47. The molecule has 1 amide bonds. The molecule has 1 atom stereocenters. The standard InChI is InChI=1S/C25H36N2O5S/c1-3-23(25-14-17-10-18(15-25)12-19(11-17)16-25)26-24(28)20-4-5-21(31-2)22(13-20)33(29,30)27-6-8-32-9-7-27/h4-5,13,17-19,23H,3,6-12,14-16H2,1-2H3,(H,26,28)/t17?,18?,19?,23-,25?/m0/s1. The molecule has 1 heterocycles. The van der Waals surface area contributed by atoms with Gasteiger partial charge in [-0.1, -0.05) is 6.92 Å². The molecule has 1 N–H and O–H groups in total. The van der Waals surface area contributed by atoms with Crippen LogP contribution in [0.15, 0.2) is 23.1 Å². The molecule has 33 heavy (non-hydrogen) atoms. The normalized spacial score (nSPS) is 32.5. The molecule has 1 saturated heterocycles. The van der Waals surface area contributed by atoms with E-state index in [-0.39, 0.29) is 28.0 Å². The second kappa shape index (κ2) is 8.86. The van der Waals surface area contributed by atoms with Crippen molar-refractivity contribution in [2.45, 2.75) is 62.8 Å². The summed E-state index contributed by atoms with van der Waals surface area (Å²) in [5, 5.41) is 3.33. The smallest absolute Gasteiger partial charge is 0.251 e. The van der Waals surface area contributed by atoms with Gasteiger partial charge in [0.05, 0.1) is 20.3 Å². The Morgan fingerprint density at radius 1 is 1.15 bits per heavy atom. The molecule has 5 aliphatic rings. The Morgan fingerprint density at radius 3 is 2.30 bits per heavy atom. The number of nitrogens with one attached hydrogen (secondary N) is 1. The number of nitrogens with zero attached hydrogens (tertiary/aromatic N) is 1. The molecular formula is C25H36N2O5S. The molecule has 4 saturated carbocycles. The Balaban J connectivity index is 1.39. The third-order valence-corrected chi connectivity index (χ3v) is 10.5. The van der Waals surface area contributed by atoms with Crippen LogP contribution in [-0.2, 0) is 14.8 Å². The van der Waals surface area contributed by atoms with E-state index in [0.717, 1.165) is 24.2 Å². The third-order valence-electron chi connectivity index (χ3n) is 8.55. The van der Waals surface area contributed by atoms with Gasteiger partial charge in [-0.2, -0.15) is 4.31 Å². The first-order valence-corrected chi connectivity index (χ1v) is 13.9. The minimum absolute atomic E-state index is 0.0439. The monoisotopic (exact) mass is 476 g/mol. The van der Waals surface area contributed by atoms with Gasteiger partial charge in [0.25, 0.3) is 5.91 Å². The molecular weight excluding hydrogens is 440 g/mol. The van der Waals surface area contributed by atoms with E-state index in [2.05, 4.69) is 12.2 Å². The van der Waals surface area contributed by atoms with Crippen molar-refractivity contribution in [2.75, 3.05) is 33.4 Å². The number of hydrogen-bond acceptors (Lipinski definition) is 5. The lowest BCUT2D eigenvalue weighted by molar-refractivity contribution is -0.0727. The zero-order valence-electron chi connectivity index (χ0n) is 19.7. The minimum Gasteiger partial charge on any atom is -0.495 e. The van der Waals surface area contributed by atoms with Crippen LogP contribution >= 0.6 is 0 Å². The van der Waals surface area contributed by atoms with Crippen molar-refractivity contribution in [3.63, 3.8) is 0 Å². The van der Waals surface area contributed by atoms with Crippen molar-refractivity contribution in [2.24, 2.45) is 23.2 Å². The molecule has 0 aromatic heterocycles. The Labute approximate surface area is 197 Å². The molecule has 0 spiro atoms. The molecule has 0 radical (unpaired) electrons. The highest BCUT2D eigenvalue weighted by molar-refractivity contribution is 7.89. The summed E-state index contributed by atoms with van der Waals surface area (Å²) >= 11 is 0. The number of ether oxygens (including phenoxy) is 2. The second-order valence-electron chi connectivity index (χ2n) is 10.6. The Morgan fingerprint density at radius 2 is 1.76 bits per heavy atom. The van der Waals surface area contributed by atoms with Crippen LogP contribution in [-0.4, -0.2) is 58.1 Å². The van der Waals surface area contributed by atoms with Crippen LogP contribution in [0.4, 0.5) is 0 Å². The summed E-state index contributed by atoms with van der Waals surface area (Å²) in [6.45, 7) is 3.49. The van der Waals surface area contributed by atoms with Gasteiger partial charge in [0.15, 0.2) is 0 Å². The topological polar surface area (TPSA) is 84.9 Å². The van der Waals surface area contributed by atoms with Crippen LogP contribution < -0.4 is 10.1 Å². The number of carbonyl (C=O) groups is 1. The fourth-order valence-corrected chi connectivity index (χ4v) is 9.07. The average molecular weight is 477 g/mol. The van der Waals surface area contributed by atoms with Crippen molar-refractivity contribution < 1.29 is 22.7 Å². The van der Waals surface area contributed by atoms with Crippen LogP contribution in [0.25, 0.3) is 0 Å². The number of amides is 1. The number of benzene rings is 1. The van der Waals surface area contributed by atoms with E-state index < -0.39 is 10.0 Å². The van der Waals surface area contributed by atoms with Crippen molar-refractivity contribution in [1.29, 1.82) is 0 Å². The summed E-state index contributed by atoms with van der Waals surface area (Å²) in [7, 11) is -2.33. The maximum atomic E-state index is 13.4.